The van der Waals surface area contributed by atoms with E-state index in [0.717, 1.165) is 47.8 Å². The highest BCUT2D eigenvalue weighted by molar-refractivity contribution is 5.68. The van der Waals surface area contributed by atoms with Crippen LogP contribution in [0.5, 0.6) is 0 Å². The van der Waals surface area contributed by atoms with Gasteiger partial charge in [0.25, 0.3) is 0 Å². The van der Waals surface area contributed by atoms with E-state index in [1.807, 2.05) is 48.8 Å². The maximum absolute atomic E-state index is 12.6. The van der Waals surface area contributed by atoms with Gasteiger partial charge in [-0.15, -0.1) is 0 Å². The van der Waals surface area contributed by atoms with E-state index in [4.69, 9.17) is 4.74 Å². The fourth-order valence-electron chi connectivity index (χ4n) is 4.47. The molecule has 3 aromatic rings. The Kier molecular flexibility index (Phi) is 4.65. The van der Waals surface area contributed by atoms with E-state index in [1.54, 1.807) is 4.90 Å². The number of anilines is 1. The molecule has 0 unspecified atom stereocenters. The topological polar surface area (TPSA) is 72.3 Å². The Morgan fingerprint density at radius 2 is 1.93 bits per heavy atom. The number of carbonyl (C=O) groups excluding carboxylic acids is 1. The standard InChI is InChI=1S/C23H25N5O2/c1-2-20-25-15-19-23(26-18-9-6-12-24-21(18)28(19)20)10-13-27(14-11-23)22(29)30-16-17-7-4-3-5-8-17/h3-9,12,15,26H,2,10-11,13-14,16H2,1H3. The number of rotatable bonds is 3. The van der Waals surface area contributed by atoms with E-state index >= 15 is 0 Å². The maximum Gasteiger partial charge on any atom is 0.410 e. The zero-order valence-electron chi connectivity index (χ0n) is 17.0. The van der Waals surface area contributed by atoms with Gasteiger partial charge in [-0.2, -0.15) is 0 Å². The summed E-state index contributed by atoms with van der Waals surface area (Å²) in [5.74, 6) is 1.91. The Bertz CT molecular complexity index is 1050. The monoisotopic (exact) mass is 403 g/mol. The van der Waals surface area contributed by atoms with Gasteiger partial charge in [-0.1, -0.05) is 37.3 Å². The molecule has 0 radical (unpaired) electrons. The molecule has 2 aromatic heterocycles. The third-order valence-electron chi connectivity index (χ3n) is 6.09. The number of aromatic nitrogens is 3. The van der Waals surface area contributed by atoms with Crippen molar-refractivity contribution in [2.24, 2.45) is 0 Å². The van der Waals surface area contributed by atoms with Gasteiger partial charge >= 0.3 is 6.09 Å². The molecule has 0 aliphatic carbocycles. The lowest BCUT2D eigenvalue weighted by Gasteiger charge is -2.45. The molecule has 7 heteroatoms. The van der Waals surface area contributed by atoms with Crippen LogP contribution in [0.3, 0.4) is 0 Å². The third-order valence-corrected chi connectivity index (χ3v) is 6.09. The minimum Gasteiger partial charge on any atom is -0.445 e. The number of imidazole rings is 1. The van der Waals surface area contributed by atoms with Crippen molar-refractivity contribution in [2.75, 3.05) is 18.4 Å². The summed E-state index contributed by atoms with van der Waals surface area (Å²) in [5.41, 5.74) is 2.88. The Labute approximate surface area is 175 Å². The van der Waals surface area contributed by atoms with Crippen molar-refractivity contribution in [3.63, 3.8) is 0 Å². The number of carbonyl (C=O) groups is 1. The van der Waals surface area contributed by atoms with E-state index in [0.29, 0.717) is 19.7 Å². The SMILES string of the molecule is CCc1ncc2n1-c1ncccc1NC21CCN(C(=O)OCc2ccccc2)CC1. The van der Waals surface area contributed by atoms with Gasteiger partial charge in [-0.05, 0) is 30.5 Å². The first kappa shape index (κ1) is 18.7. The quantitative estimate of drug-likeness (QED) is 0.718. The van der Waals surface area contributed by atoms with E-state index in [-0.39, 0.29) is 11.6 Å². The van der Waals surface area contributed by atoms with Crippen molar-refractivity contribution in [3.8, 4) is 5.82 Å². The normalized spacial score (nSPS) is 16.5. The highest BCUT2D eigenvalue weighted by atomic mass is 16.6. The summed E-state index contributed by atoms with van der Waals surface area (Å²) in [6.45, 7) is 3.66. The van der Waals surface area contributed by atoms with Crippen LogP contribution in [0.1, 0.15) is 36.8 Å². The molecule has 1 fully saturated rings. The van der Waals surface area contributed by atoms with Crippen molar-refractivity contribution in [2.45, 2.75) is 38.3 Å². The predicted octanol–water partition coefficient (Wildman–Crippen LogP) is 3.88. The number of fused-ring (bicyclic) bond motifs is 4. The van der Waals surface area contributed by atoms with Crippen LogP contribution in [-0.4, -0.2) is 38.6 Å². The molecule has 5 rings (SSSR count). The maximum atomic E-state index is 12.6. The summed E-state index contributed by atoms with van der Waals surface area (Å²) in [7, 11) is 0. The number of benzene rings is 1. The fourth-order valence-corrected chi connectivity index (χ4v) is 4.47. The minimum atomic E-state index is -0.257. The van der Waals surface area contributed by atoms with E-state index in [2.05, 4.69) is 32.8 Å². The smallest absolute Gasteiger partial charge is 0.410 e. The zero-order chi connectivity index (χ0) is 20.6. The Hall–Kier alpha value is -3.35. The molecule has 1 amide bonds. The number of pyridine rings is 1. The minimum absolute atomic E-state index is 0.255. The Balaban J connectivity index is 1.33. The van der Waals surface area contributed by atoms with Crippen LogP contribution in [0.2, 0.25) is 0 Å². The molecule has 2 aliphatic heterocycles. The molecule has 4 heterocycles. The third kappa shape index (κ3) is 3.10. The average molecular weight is 403 g/mol. The number of ether oxygens (including phenoxy) is 1. The molecule has 7 nitrogen and oxygen atoms in total. The van der Waals surface area contributed by atoms with E-state index in [9.17, 15) is 4.79 Å². The summed E-state index contributed by atoms with van der Waals surface area (Å²) in [5, 5.41) is 3.72. The zero-order valence-corrected chi connectivity index (χ0v) is 17.0. The number of hydrogen-bond acceptors (Lipinski definition) is 5. The Morgan fingerprint density at radius 1 is 1.13 bits per heavy atom. The molecule has 1 N–H and O–H groups in total. The molecule has 30 heavy (non-hydrogen) atoms. The lowest BCUT2D eigenvalue weighted by atomic mass is 9.83. The average Bonchev–Trinajstić information content (AvgIpc) is 3.24. The lowest BCUT2D eigenvalue weighted by Crippen LogP contribution is -2.51. The van der Waals surface area contributed by atoms with Crippen molar-refractivity contribution in [3.05, 3.63) is 71.9 Å². The molecular formula is C23H25N5O2. The van der Waals surface area contributed by atoms with Crippen molar-refractivity contribution < 1.29 is 9.53 Å². The number of piperidine rings is 1. The predicted molar refractivity (Wildman–Crippen MR) is 113 cm³/mol. The number of amides is 1. The number of nitrogens with one attached hydrogen (secondary N) is 1. The van der Waals surface area contributed by atoms with Crippen LogP contribution in [-0.2, 0) is 23.3 Å². The van der Waals surface area contributed by atoms with Crippen LogP contribution in [0.4, 0.5) is 10.5 Å². The molecule has 0 bridgehead atoms. The van der Waals surface area contributed by atoms with Gasteiger partial charge in [0, 0.05) is 25.7 Å². The van der Waals surface area contributed by atoms with Gasteiger partial charge in [0.15, 0.2) is 5.82 Å². The van der Waals surface area contributed by atoms with Gasteiger partial charge in [0.1, 0.15) is 12.4 Å². The number of aryl methyl sites for hydroxylation is 1. The molecule has 1 spiro atoms. The first-order valence-electron chi connectivity index (χ1n) is 10.5. The summed E-state index contributed by atoms with van der Waals surface area (Å²) < 4.78 is 7.72. The first-order chi connectivity index (χ1) is 14.7. The highest BCUT2D eigenvalue weighted by Crippen LogP contribution is 2.43. The molecule has 0 atom stereocenters. The number of nitrogens with zero attached hydrogens (tertiary/aromatic N) is 4. The van der Waals surface area contributed by atoms with Crippen LogP contribution in [0, 0.1) is 0 Å². The van der Waals surface area contributed by atoms with Crippen LogP contribution < -0.4 is 5.32 Å². The van der Waals surface area contributed by atoms with Gasteiger partial charge in [0.2, 0.25) is 0 Å². The van der Waals surface area contributed by atoms with Crippen LogP contribution in [0.25, 0.3) is 5.82 Å². The summed E-state index contributed by atoms with van der Waals surface area (Å²) in [4.78, 5) is 23.6. The number of hydrogen-bond donors (Lipinski definition) is 1. The molecule has 2 aliphatic rings. The number of likely N-dealkylation sites (tertiary alicyclic amines) is 1. The van der Waals surface area contributed by atoms with Gasteiger partial charge in [-0.25, -0.2) is 14.8 Å². The van der Waals surface area contributed by atoms with Crippen molar-refractivity contribution in [1.29, 1.82) is 0 Å². The second-order valence-corrected chi connectivity index (χ2v) is 7.86. The fraction of sp³-hybridized carbons (Fsp3) is 0.348. The van der Waals surface area contributed by atoms with Crippen molar-refractivity contribution in [1.82, 2.24) is 19.4 Å². The van der Waals surface area contributed by atoms with Gasteiger partial charge in [0.05, 0.1) is 23.1 Å². The second-order valence-electron chi connectivity index (χ2n) is 7.86. The van der Waals surface area contributed by atoms with E-state index < -0.39 is 0 Å². The Morgan fingerprint density at radius 3 is 2.70 bits per heavy atom. The second kappa shape index (κ2) is 7.48. The molecule has 1 aromatic carbocycles. The van der Waals surface area contributed by atoms with Crippen molar-refractivity contribution >= 4 is 11.8 Å². The van der Waals surface area contributed by atoms with Gasteiger partial charge in [-0.3, -0.25) is 4.57 Å². The molecular weight excluding hydrogens is 378 g/mol. The molecule has 0 saturated carbocycles. The van der Waals surface area contributed by atoms with Crippen LogP contribution >= 0.6 is 0 Å². The highest BCUT2D eigenvalue weighted by Gasteiger charge is 2.44. The summed E-state index contributed by atoms with van der Waals surface area (Å²) in [6, 6.07) is 13.8. The summed E-state index contributed by atoms with van der Waals surface area (Å²) in [6.07, 6.45) is 5.94. The summed E-state index contributed by atoms with van der Waals surface area (Å²) >= 11 is 0. The van der Waals surface area contributed by atoms with E-state index in [1.165, 1.54) is 0 Å². The molecule has 154 valence electrons. The first-order valence-corrected chi connectivity index (χ1v) is 10.5. The van der Waals surface area contributed by atoms with Gasteiger partial charge < -0.3 is 15.0 Å². The molecule has 1 saturated heterocycles. The lowest BCUT2D eigenvalue weighted by molar-refractivity contribution is 0.0793. The van der Waals surface area contributed by atoms with Crippen LogP contribution in [0.15, 0.2) is 54.9 Å². The largest absolute Gasteiger partial charge is 0.445 e.